The molecule has 2 aromatic heterocycles. The Balaban J connectivity index is 1.98. The van der Waals surface area contributed by atoms with Crippen molar-refractivity contribution in [2.45, 2.75) is 0 Å². The van der Waals surface area contributed by atoms with Crippen LogP contribution in [0.1, 0.15) is 11.1 Å². The van der Waals surface area contributed by atoms with E-state index in [0.29, 0.717) is 16.9 Å². The summed E-state index contributed by atoms with van der Waals surface area (Å²) in [5.74, 6) is -0.0151. The van der Waals surface area contributed by atoms with E-state index in [2.05, 4.69) is 20.4 Å². The molecule has 0 atom stereocenters. The Morgan fingerprint density at radius 1 is 1.05 bits per heavy atom. The highest BCUT2D eigenvalue weighted by Gasteiger charge is 2.10. The molecule has 7 nitrogen and oxygen atoms in total. The number of benzene rings is 1. The summed E-state index contributed by atoms with van der Waals surface area (Å²) < 4.78 is 13.4. The number of hydrogen-bond acceptors (Lipinski definition) is 6. The normalized spacial score (nSPS) is 9.95. The minimum Gasteiger partial charge on any atom is -0.234 e. The molecule has 0 unspecified atom stereocenters. The Labute approximate surface area is 123 Å². The standard InChI is InChI=1S/C14H6FN7/c15-12-4-10(7-17)3-11(5-12)14-19-21-22(20-14)13-2-1-9(6-16)8-18-13/h1-5,8H. The van der Waals surface area contributed by atoms with Crippen LogP contribution in [0.4, 0.5) is 4.39 Å². The second-order valence-electron chi connectivity index (χ2n) is 4.26. The van der Waals surface area contributed by atoms with Gasteiger partial charge in [0.25, 0.3) is 0 Å². The zero-order chi connectivity index (χ0) is 15.5. The largest absolute Gasteiger partial charge is 0.234 e. The summed E-state index contributed by atoms with van der Waals surface area (Å²) in [5, 5.41) is 29.3. The summed E-state index contributed by atoms with van der Waals surface area (Å²) in [6.45, 7) is 0. The molecule has 0 saturated heterocycles. The maximum absolute atomic E-state index is 13.4. The van der Waals surface area contributed by atoms with Gasteiger partial charge in [0.15, 0.2) is 5.82 Å². The molecule has 1 aromatic carbocycles. The molecule has 0 aliphatic rings. The van der Waals surface area contributed by atoms with Crippen LogP contribution in [0.15, 0.2) is 36.5 Å². The smallest absolute Gasteiger partial charge is 0.205 e. The highest BCUT2D eigenvalue weighted by molar-refractivity contribution is 5.57. The Morgan fingerprint density at radius 3 is 2.55 bits per heavy atom. The number of pyridine rings is 1. The van der Waals surface area contributed by atoms with Crippen molar-refractivity contribution in [3.63, 3.8) is 0 Å². The van der Waals surface area contributed by atoms with Crippen molar-refractivity contribution in [2.75, 3.05) is 0 Å². The molecule has 104 valence electrons. The first-order valence-corrected chi connectivity index (χ1v) is 6.07. The van der Waals surface area contributed by atoms with Crippen molar-refractivity contribution in [3.05, 3.63) is 53.5 Å². The molecule has 2 heterocycles. The lowest BCUT2D eigenvalue weighted by Crippen LogP contribution is -2.01. The second kappa shape index (κ2) is 5.38. The molecule has 0 saturated carbocycles. The second-order valence-corrected chi connectivity index (χ2v) is 4.26. The maximum atomic E-state index is 13.4. The highest BCUT2D eigenvalue weighted by atomic mass is 19.1. The molecule has 3 aromatic rings. The first-order valence-electron chi connectivity index (χ1n) is 6.07. The number of tetrazole rings is 1. The van der Waals surface area contributed by atoms with Crippen LogP contribution in [0.3, 0.4) is 0 Å². The predicted molar refractivity (Wildman–Crippen MR) is 71.8 cm³/mol. The minimum absolute atomic E-state index is 0.169. The van der Waals surface area contributed by atoms with E-state index in [4.69, 9.17) is 10.5 Å². The highest BCUT2D eigenvalue weighted by Crippen LogP contribution is 2.18. The monoisotopic (exact) mass is 291 g/mol. The van der Waals surface area contributed by atoms with Crippen molar-refractivity contribution < 1.29 is 4.39 Å². The summed E-state index contributed by atoms with van der Waals surface area (Å²) in [4.78, 5) is 5.19. The van der Waals surface area contributed by atoms with Crippen LogP contribution in [-0.4, -0.2) is 25.2 Å². The number of hydrogen-bond donors (Lipinski definition) is 0. The molecule has 0 aliphatic carbocycles. The summed E-state index contributed by atoms with van der Waals surface area (Å²) in [6, 6.07) is 10.8. The molecule has 0 aliphatic heterocycles. The molecule has 0 spiro atoms. The van der Waals surface area contributed by atoms with Gasteiger partial charge in [0.2, 0.25) is 5.82 Å². The molecule has 0 amide bonds. The SMILES string of the molecule is N#Cc1ccc(-n2nnc(-c3cc(F)cc(C#N)c3)n2)nc1. The lowest BCUT2D eigenvalue weighted by atomic mass is 10.1. The summed E-state index contributed by atoms with van der Waals surface area (Å²) in [5.41, 5.74) is 0.923. The quantitative estimate of drug-likeness (QED) is 0.710. The van der Waals surface area contributed by atoms with Crippen LogP contribution in [0.5, 0.6) is 0 Å². The van der Waals surface area contributed by atoms with Crippen LogP contribution in [-0.2, 0) is 0 Å². The van der Waals surface area contributed by atoms with Gasteiger partial charge in [-0.1, -0.05) is 0 Å². The van der Waals surface area contributed by atoms with Gasteiger partial charge < -0.3 is 0 Å². The molecule has 0 bridgehead atoms. The van der Waals surface area contributed by atoms with Crippen LogP contribution in [0, 0.1) is 28.5 Å². The van der Waals surface area contributed by atoms with Crippen LogP contribution < -0.4 is 0 Å². The van der Waals surface area contributed by atoms with Gasteiger partial charge in [-0.3, -0.25) is 0 Å². The Morgan fingerprint density at radius 2 is 1.86 bits per heavy atom. The van der Waals surface area contributed by atoms with Crippen molar-refractivity contribution in [1.82, 2.24) is 25.2 Å². The molecule has 8 heteroatoms. The summed E-state index contributed by atoms with van der Waals surface area (Å²) in [7, 11) is 0. The molecule has 0 fully saturated rings. The first-order chi connectivity index (χ1) is 10.7. The number of rotatable bonds is 2. The third-order valence-electron chi connectivity index (χ3n) is 2.78. The number of halogens is 1. The topological polar surface area (TPSA) is 104 Å². The number of aromatic nitrogens is 5. The fraction of sp³-hybridized carbons (Fsp3) is 0. The van der Waals surface area contributed by atoms with Gasteiger partial charge >= 0.3 is 0 Å². The van der Waals surface area contributed by atoms with E-state index in [1.807, 2.05) is 12.1 Å². The average Bonchev–Trinajstić information content (AvgIpc) is 3.04. The fourth-order valence-electron chi connectivity index (χ4n) is 1.78. The van der Waals surface area contributed by atoms with Crippen LogP contribution >= 0.6 is 0 Å². The van der Waals surface area contributed by atoms with E-state index in [1.54, 1.807) is 12.1 Å². The molecule has 3 rings (SSSR count). The Kier molecular flexibility index (Phi) is 3.26. The third kappa shape index (κ3) is 2.49. The zero-order valence-corrected chi connectivity index (χ0v) is 11.0. The van der Waals surface area contributed by atoms with Crippen molar-refractivity contribution in [2.24, 2.45) is 0 Å². The van der Waals surface area contributed by atoms with Gasteiger partial charge in [-0.25, -0.2) is 9.37 Å². The lowest BCUT2D eigenvalue weighted by Gasteiger charge is -1.97. The van der Waals surface area contributed by atoms with E-state index >= 15 is 0 Å². The fourth-order valence-corrected chi connectivity index (χ4v) is 1.78. The summed E-state index contributed by atoms with van der Waals surface area (Å²) >= 11 is 0. The van der Waals surface area contributed by atoms with Gasteiger partial charge in [0.1, 0.15) is 11.9 Å². The Bertz CT molecular complexity index is 916. The van der Waals surface area contributed by atoms with E-state index in [0.717, 1.165) is 10.9 Å². The van der Waals surface area contributed by atoms with Gasteiger partial charge in [0.05, 0.1) is 17.2 Å². The van der Waals surface area contributed by atoms with E-state index < -0.39 is 5.82 Å². The first kappa shape index (κ1) is 13.3. The van der Waals surface area contributed by atoms with Crippen LogP contribution in [0.2, 0.25) is 0 Å². The molecule has 22 heavy (non-hydrogen) atoms. The van der Waals surface area contributed by atoms with Gasteiger partial charge in [0, 0.05) is 11.8 Å². The predicted octanol–water partition coefficient (Wildman–Crippen LogP) is 1.61. The van der Waals surface area contributed by atoms with E-state index in [1.165, 1.54) is 18.3 Å². The number of nitrogens with zero attached hydrogens (tertiary/aromatic N) is 7. The van der Waals surface area contributed by atoms with Gasteiger partial charge in [-0.2, -0.15) is 10.5 Å². The molecular weight excluding hydrogens is 285 g/mol. The van der Waals surface area contributed by atoms with Gasteiger partial charge in [-0.15, -0.1) is 15.0 Å². The molecule has 0 N–H and O–H groups in total. The van der Waals surface area contributed by atoms with Crippen molar-refractivity contribution >= 4 is 0 Å². The maximum Gasteiger partial charge on any atom is 0.205 e. The van der Waals surface area contributed by atoms with E-state index in [9.17, 15) is 4.39 Å². The molecular formula is C14H6FN7. The van der Waals surface area contributed by atoms with Crippen molar-refractivity contribution in [3.8, 4) is 29.3 Å². The minimum atomic E-state index is -0.554. The van der Waals surface area contributed by atoms with Crippen LogP contribution in [0.25, 0.3) is 17.2 Å². The lowest BCUT2D eigenvalue weighted by molar-refractivity contribution is 0.627. The third-order valence-corrected chi connectivity index (χ3v) is 2.78. The van der Waals surface area contributed by atoms with Crippen molar-refractivity contribution in [1.29, 1.82) is 10.5 Å². The van der Waals surface area contributed by atoms with Gasteiger partial charge in [-0.05, 0) is 35.5 Å². The van der Waals surface area contributed by atoms with E-state index in [-0.39, 0.29) is 11.4 Å². The number of nitriles is 2. The Hall–Kier alpha value is -3.65. The molecule has 0 radical (unpaired) electrons. The zero-order valence-electron chi connectivity index (χ0n) is 11.0. The average molecular weight is 291 g/mol. The summed E-state index contributed by atoms with van der Waals surface area (Å²) in [6.07, 6.45) is 1.38.